The van der Waals surface area contributed by atoms with E-state index in [2.05, 4.69) is 4.98 Å². The smallest absolute Gasteiger partial charge is 0.360 e. The molecule has 86 valence electrons. The van der Waals surface area contributed by atoms with Gasteiger partial charge in [-0.2, -0.15) is 0 Å². The number of nitrogens with zero attached hydrogens (tertiary/aromatic N) is 1. The minimum Gasteiger partial charge on any atom is -0.478 e. The Bertz CT molecular complexity index is 375. The highest BCUT2D eigenvalue weighted by Gasteiger charge is 2.48. The highest BCUT2D eigenvalue weighted by molar-refractivity contribution is 6.02. The quantitative estimate of drug-likeness (QED) is 0.718. The van der Waals surface area contributed by atoms with Gasteiger partial charge >= 0.3 is 17.5 Å². The summed E-state index contributed by atoms with van der Waals surface area (Å²) in [7, 11) is 0. The van der Waals surface area contributed by atoms with Crippen molar-refractivity contribution < 1.29 is 24.5 Å². The SMILES string of the molecule is CCC(Oc1ccccn1)(C(=O)O)C(=O)O. The first kappa shape index (κ1) is 12.0. The zero-order chi connectivity index (χ0) is 12.2. The number of carboxylic acids is 2. The van der Waals surface area contributed by atoms with Gasteiger partial charge < -0.3 is 14.9 Å². The largest absolute Gasteiger partial charge is 0.478 e. The van der Waals surface area contributed by atoms with Crippen LogP contribution in [0.25, 0.3) is 0 Å². The van der Waals surface area contributed by atoms with Crippen molar-refractivity contribution in [3.8, 4) is 5.88 Å². The van der Waals surface area contributed by atoms with Gasteiger partial charge in [0.25, 0.3) is 0 Å². The number of hydrogen-bond donors (Lipinski definition) is 2. The summed E-state index contributed by atoms with van der Waals surface area (Å²) < 4.78 is 4.96. The zero-order valence-electron chi connectivity index (χ0n) is 8.58. The average Bonchev–Trinajstić information content (AvgIpc) is 2.26. The Morgan fingerprint density at radius 1 is 1.38 bits per heavy atom. The molecule has 1 heterocycles. The van der Waals surface area contributed by atoms with Crippen LogP contribution in [0.15, 0.2) is 24.4 Å². The second-order valence-corrected chi connectivity index (χ2v) is 3.06. The first-order valence-corrected chi connectivity index (χ1v) is 4.59. The summed E-state index contributed by atoms with van der Waals surface area (Å²) in [6, 6.07) is 4.59. The van der Waals surface area contributed by atoms with Crippen molar-refractivity contribution in [2.24, 2.45) is 0 Å². The molecule has 16 heavy (non-hydrogen) atoms. The van der Waals surface area contributed by atoms with Crippen molar-refractivity contribution in [1.29, 1.82) is 0 Å². The monoisotopic (exact) mass is 225 g/mol. The fraction of sp³-hybridized carbons (Fsp3) is 0.300. The van der Waals surface area contributed by atoms with E-state index in [0.717, 1.165) is 0 Å². The number of rotatable bonds is 5. The van der Waals surface area contributed by atoms with Gasteiger partial charge in [0.15, 0.2) is 0 Å². The van der Waals surface area contributed by atoms with E-state index in [-0.39, 0.29) is 12.3 Å². The van der Waals surface area contributed by atoms with Crippen LogP contribution in [0.2, 0.25) is 0 Å². The van der Waals surface area contributed by atoms with Crippen LogP contribution in [0.4, 0.5) is 0 Å². The third kappa shape index (κ3) is 2.10. The molecule has 0 saturated heterocycles. The second kappa shape index (κ2) is 4.61. The molecular formula is C10H11NO5. The highest BCUT2D eigenvalue weighted by atomic mass is 16.6. The maximum absolute atomic E-state index is 11.0. The van der Waals surface area contributed by atoms with E-state index < -0.39 is 17.5 Å². The van der Waals surface area contributed by atoms with Gasteiger partial charge in [-0.25, -0.2) is 14.6 Å². The van der Waals surface area contributed by atoms with Crippen LogP contribution in [0.3, 0.4) is 0 Å². The lowest BCUT2D eigenvalue weighted by atomic mass is 10.0. The van der Waals surface area contributed by atoms with Crippen molar-refractivity contribution in [3.05, 3.63) is 24.4 Å². The van der Waals surface area contributed by atoms with Crippen molar-refractivity contribution in [1.82, 2.24) is 4.98 Å². The van der Waals surface area contributed by atoms with Crippen molar-refractivity contribution in [2.45, 2.75) is 18.9 Å². The first-order valence-electron chi connectivity index (χ1n) is 4.59. The molecule has 6 heteroatoms. The van der Waals surface area contributed by atoms with Gasteiger partial charge in [0, 0.05) is 18.7 Å². The lowest BCUT2D eigenvalue weighted by Crippen LogP contribution is -2.51. The van der Waals surface area contributed by atoms with E-state index in [0.29, 0.717) is 0 Å². The molecule has 0 spiro atoms. The van der Waals surface area contributed by atoms with Gasteiger partial charge in [-0.15, -0.1) is 0 Å². The minimum absolute atomic E-state index is 0.0332. The van der Waals surface area contributed by atoms with Gasteiger partial charge in [0.2, 0.25) is 5.88 Å². The maximum atomic E-state index is 11.0. The van der Waals surface area contributed by atoms with Gasteiger partial charge in [0.05, 0.1) is 0 Å². The molecule has 1 rings (SSSR count). The molecule has 0 atom stereocenters. The molecule has 0 aliphatic heterocycles. The number of aliphatic carboxylic acids is 2. The van der Waals surface area contributed by atoms with Crippen LogP contribution in [0, 0.1) is 0 Å². The van der Waals surface area contributed by atoms with E-state index in [1.807, 2.05) is 0 Å². The predicted octanol–water partition coefficient (Wildman–Crippen LogP) is 0.778. The number of pyridine rings is 1. The van der Waals surface area contributed by atoms with Gasteiger partial charge in [-0.05, 0) is 6.07 Å². The molecule has 1 aromatic rings. The van der Waals surface area contributed by atoms with Gasteiger partial charge in [-0.3, -0.25) is 0 Å². The van der Waals surface area contributed by atoms with E-state index in [4.69, 9.17) is 14.9 Å². The lowest BCUT2D eigenvalue weighted by molar-refractivity contribution is -0.172. The van der Waals surface area contributed by atoms with Crippen LogP contribution < -0.4 is 4.74 Å². The van der Waals surface area contributed by atoms with Crippen LogP contribution in [0.1, 0.15) is 13.3 Å². The summed E-state index contributed by atoms with van der Waals surface area (Å²) in [4.78, 5) is 25.7. The zero-order valence-corrected chi connectivity index (χ0v) is 8.58. The van der Waals surface area contributed by atoms with Crippen LogP contribution in [-0.4, -0.2) is 32.7 Å². The number of aromatic nitrogens is 1. The van der Waals surface area contributed by atoms with Crippen LogP contribution >= 0.6 is 0 Å². The van der Waals surface area contributed by atoms with E-state index in [1.165, 1.54) is 19.2 Å². The molecule has 0 bridgehead atoms. The Balaban J connectivity index is 3.04. The van der Waals surface area contributed by atoms with E-state index in [1.54, 1.807) is 12.1 Å². The second-order valence-electron chi connectivity index (χ2n) is 3.06. The van der Waals surface area contributed by atoms with Crippen molar-refractivity contribution in [3.63, 3.8) is 0 Å². The molecule has 0 aliphatic rings. The maximum Gasteiger partial charge on any atom is 0.360 e. The fourth-order valence-corrected chi connectivity index (χ4v) is 1.14. The van der Waals surface area contributed by atoms with Gasteiger partial charge in [0.1, 0.15) is 0 Å². The summed E-state index contributed by atoms with van der Waals surface area (Å²) >= 11 is 0. The molecule has 2 N–H and O–H groups in total. The normalized spacial score (nSPS) is 10.8. The Morgan fingerprint density at radius 2 is 2.00 bits per heavy atom. The Morgan fingerprint density at radius 3 is 2.38 bits per heavy atom. The number of carboxylic acid groups (broad SMARTS) is 2. The summed E-state index contributed by atoms with van der Waals surface area (Å²) in [5.41, 5.74) is -2.28. The van der Waals surface area contributed by atoms with Crippen LogP contribution in [-0.2, 0) is 9.59 Å². The Kier molecular flexibility index (Phi) is 3.44. The number of hydrogen-bond acceptors (Lipinski definition) is 4. The lowest BCUT2D eigenvalue weighted by Gasteiger charge is -2.23. The predicted molar refractivity (Wildman–Crippen MR) is 53.2 cm³/mol. The molecule has 0 fully saturated rings. The van der Waals surface area contributed by atoms with E-state index >= 15 is 0 Å². The number of ether oxygens (including phenoxy) is 1. The van der Waals surface area contributed by atoms with Crippen molar-refractivity contribution >= 4 is 11.9 Å². The minimum atomic E-state index is -2.28. The average molecular weight is 225 g/mol. The summed E-state index contributed by atoms with van der Waals surface area (Å²) in [6.07, 6.45) is 1.19. The van der Waals surface area contributed by atoms with Crippen LogP contribution in [0.5, 0.6) is 5.88 Å². The molecule has 0 radical (unpaired) electrons. The Hall–Kier alpha value is -2.11. The molecule has 0 saturated carbocycles. The number of carbonyl (C=O) groups is 2. The summed E-state index contributed by atoms with van der Waals surface area (Å²) in [5, 5.41) is 17.8. The molecular weight excluding hydrogens is 214 g/mol. The van der Waals surface area contributed by atoms with Gasteiger partial charge in [-0.1, -0.05) is 13.0 Å². The summed E-state index contributed by atoms with van der Waals surface area (Å²) in [5.74, 6) is -3.13. The molecule has 0 amide bonds. The first-order chi connectivity index (χ1) is 7.53. The molecule has 6 nitrogen and oxygen atoms in total. The molecule has 1 aromatic heterocycles. The van der Waals surface area contributed by atoms with E-state index in [9.17, 15) is 9.59 Å². The third-order valence-electron chi connectivity index (χ3n) is 2.11. The third-order valence-corrected chi connectivity index (χ3v) is 2.11. The van der Waals surface area contributed by atoms with Crippen molar-refractivity contribution in [2.75, 3.05) is 0 Å². The highest BCUT2D eigenvalue weighted by Crippen LogP contribution is 2.20. The standard InChI is InChI=1S/C10H11NO5/c1-2-10(8(12)13,9(14)15)16-7-5-3-4-6-11-7/h3-6H,2H2,1H3,(H,12,13)(H,14,15). The molecule has 0 aromatic carbocycles. The fourth-order valence-electron chi connectivity index (χ4n) is 1.14. The molecule has 0 aliphatic carbocycles. The molecule has 0 unspecified atom stereocenters. The summed E-state index contributed by atoms with van der Waals surface area (Å²) in [6.45, 7) is 1.42. The Labute approximate surface area is 91.5 Å². The topological polar surface area (TPSA) is 96.7 Å².